The second-order valence-electron chi connectivity index (χ2n) is 9.09. The molecule has 4 rings (SSSR count). The van der Waals surface area contributed by atoms with Crippen LogP contribution >= 0.6 is 0 Å². The number of benzene rings is 2. The van der Waals surface area contributed by atoms with E-state index in [1.165, 1.54) is 0 Å². The Balaban J connectivity index is 1.99. The van der Waals surface area contributed by atoms with E-state index < -0.39 is 34.8 Å². The molecular weight excluding hydrogens is 450 g/mol. The number of allylic oxidation sites excluding steroid dienone is 8. The lowest BCUT2D eigenvalue weighted by atomic mass is 9.68. The van der Waals surface area contributed by atoms with E-state index in [4.69, 9.17) is 0 Å². The normalized spacial score (nSPS) is 20.4. The van der Waals surface area contributed by atoms with Gasteiger partial charge in [-0.05, 0) is 68.2 Å². The predicted molar refractivity (Wildman–Crippen MR) is 121 cm³/mol. The number of halogens is 6. The molecule has 0 heterocycles. The van der Waals surface area contributed by atoms with Crippen LogP contribution < -0.4 is 0 Å². The molecule has 0 aliphatic heterocycles. The molecule has 0 radical (unpaired) electrons. The van der Waals surface area contributed by atoms with Crippen LogP contribution in [0, 0.1) is 0 Å². The van der Waals surface area contributed by atoms with Crippen molar-refractivity contribution in [2.45, 2.75) is 51.4 Å². The molecule has 6 heteroatoms. The minimum atomic E-state index is -4.90. The van der Waals surface area contributed by atoms with Gasteiger partial charge in [0, 0.05) is 5.92 Å². The van der Waals surface area contributed by atoms with E-state index >= 15 is 0 Å². The van der Waals surface area contributed by atoms with Gasteiger partial charge in [-0.15, -0.1) is 0 Å². The second-order valence-corrected chi connectivity index (χ2v) is 9.09. The first-order chi connectivity index (χ1) is 15.7. The highest BCUT2D eigenvalue weighted by Crippen LogP contribution is 2.54. The Morgan fingerprint density at radius 1 is 0.676 bits per heavy atom. The molecule has 2 aromatic carbocycles. The zero-order valence-electron chi connectivity index (χ0n) is 19.2. The van der Waals surface area contributed by atoms with Gasteiger partial charge in [0.2, 0.25) is 0 Å². The molecule has 0 fully saturated rings. The first-order valence-electron chi connectivity index (χ1n) is 10.9. The maximum Gasteiger partial charge on any atom is 0.416 e. The minimum Gasteiger partial charge on any atom is -0.166 e. The van der Waals surface area contributed by atoms with Gasteiger partial charge in [0.25, 0.3) is 0 Å². The van der Waals surface area contributed by atoms with E-state index in [0.29, 0.717) is 0 Å². The molecule has 0 N–H and O–H groups in total. The highest BCUT2D eigenvalue weighted by molar-refractivity contribution is 5.65. The van der Waals surface area contributed by atoms with Gasteiger partial charge in [0.15, 0.2) is 0 Å². The van der Waals surface area contributed by atoms with Crippen molar-refractivity contribution in [1.29, 1.82) is 0 Å². The molecule has 0 saturated carbocycles. The fraction of sp³-hybridized carbons (Fsp3) is 0.286. The van der Waals surface area contributed by atoms with Gasteiger partial charge in [-0.1, -0.05) is 65.3 Å². The summed E-state index contributed by atoms with van der Waals surface area (Å²) in [6.07, 6.45) is -3.90. The molecule has 0 bridgehead atoms. The van der Waals surface area contributed by atoms with Gasteiger partial charge >= 0.3 is 12.4 Å². The van der Waals surface area contributed by atoms with Crippen LogP contribution in [0.5, 0.6) is 0 Å². The second kappa shape index (κ2) is 8.03. The Bertz CT molecular complexity index is 1200. The first kappa shape index (κ1) is 24.1. The van der Waals surface area contributed by atoms with E-state index in [2.05, 4.69) is 12.2 Å². The van der Waals surface area contributed by atoms with Crippen molar-refractivity contribution < 1.29 is 26.3 Å². The van der Waals surface area contributed by atoms with E-state index in [9.17, 15) is 26.3 Å². The van der Waals surface area contributed by atoms with Crippen molar-refractivity contribution >= 4 is 0 Å². The van der Waals surface area contributed by atoms with Crippen LogP contribution in [0.15, 0.2) is 94.6 Å². The van der Waals surface area contributed by atoms with Gasteiger partial charge in [-0.3, -0.25) is 0 Å². The lowest BCUT2D eigenvalue weighted by molar-refractivity contribution is -0.143. The first-order valence-corrected chi connectivity index (χ1v) is 10.9. The highest BCUT2D eigenvalue weighted by Gasteiger charge is 2.44. The lowest BCUT2D eigenvalue weighted by Gasteiger charge is -2.34. The Hall–Kier alpha value is -3.02. The molecule has 0 nitrogen and oxygen atoms in total. The Morgan fingerprint density at radius 2 is 1.18 bits per heavy atom. The van der Waals surface area contributed by atoms with E-state index in [-0.39, 0.29) is 11.6 Å². The van der Waals surface area contributed by atoms with Crippen molar-refractivity contribution in [1.82, 2.24) is 0 Å². The quantitative estimate of drug-likeness (QED) is 0.390. The lowest BCUT2D eigenvalue weighted by Crippen LogP contribution is -2.26. The number of hydrogen-bond donors (Lipinski definition) is 0. The molecule has 2 aliphatic carbocycles. The summed E-state index contributed by atoms with van der Waals surface area (Å²) in [5.41, 5.74) is 2.05. The highest BCUT2D eigenvalue weighted by atomic mass is 19.4. The summed E-state index contributed by atoms with van der Waals surface area (Å²) in [7, 11) is 0. The molecule has 0 spiro atoms. The molecule has 0 saturated heterocycles. The molecular formula is C28H24F6. The van der Waals surface area contributed by atoms with Crippen molar-refractivity contribution in [3.63, 3.8) is 0 Å². The topological polar surface area (TPSA) is 0 Å². The Kier molecular flexibility index (Phi) is 5.70. The smallest absolute Gasteiger partial charge is 0.166 e. The van der Waals surface area contributed by atoms with Crippen LogP contribution in [0.3, 0.4) is 0 Å². The van der Waals surface area contributed by atoms with Crippen LogP contribution in [-0.2, 0) is 17.8 Å². The van der Waals surface area contributed by atoms with E-state index in [1.807, 2.05) is 58.0 Å². The maximum atomic E-state index is 13.6. The van der Waals surface area contributed by atoms with Gasteiger partial charge < -0.3 is 0 Å². The molecule has 0 amide bonds. The predicted octanol–water partition coefficient (Wildman–Crippen LogP) is 8.93. The number of rotatable bonds is 3. The summed E-state index contributed by atoms with van der Waals surface area (Å²) in [5, 5.41) is 0. The third-order valence-electron chi connectivity index (χ3n) is 6.90. The summed E-state index contributed by atoms with van der Waals surface area (Å²) in [5.74, 6) is -0.741. The van der Waals surface area contributed by atoms with E-state index in [0.717, 1.165) is 45.6 Å². The average Bonchev–Trinajstić information content (AvgIpc) is 3.23. The fourth-order valence-electron chi connectivity index (χ4n) is 5.04. The monoisotopic (exact) mass is 474 g/mol. The fourth-order valence-corrected chi connectivity index (χ4v) is 5.04. The zero-order chi connectivity index (χ0) is 25.1. The Morgan fingerprint density at radius 3 is 1.65 bits per heavy atom. The van der Waals surface area contributed by atoms with Crippen LogP contribution in [0.25, 0.3) is 0 Å². The summed E-state index contributed by atoms with van der Waals surface area (Å²) >= 11 is 0. The SMILES string of the molecule is CC1=CC(C2=C(C)C(C)=CC2c2cc(C(F)(F)F)cc(C(F)(F)F)c2)(c2ccccc2)C=C1C. The molecule has 34 heavy (non-hydrogen) atoms. The number of hydrogen-bond acceptors (Lipinski definition) is 0. The standard InChI is InChI=1S/C28H24F6/c1-16-10-24(20-11-22(27(29,30)31)13-23(12-20)28(32,33)34)25(19(16)4)26(14-17(2)18(3)15-26)21-8-6-5-7-9-21/h5-15,24H,1-4H3. The molecule has 0 aromatic heterocycles. The van der Waals surface area contributed by atoms with Crippen LogP contribution in [0.4, 0.5) is 26.3 Å². The third-order valence-corrected chi connectivity index (χ3v) is 6.90. The molecule has 1 atom stereocenters. The summed E-state index contributed by atoms with van der Waals surface area (Å²) in [4.78, 5) is 0. The van der Waals surface area contributed by atoms with Crippen LogP contribution in [-0.4, -0.2) is 0 Å². The van der Waals surface area contributed by atoms with E-state index in [1.54, 1.807) is 6.08 Å². The molecule has 2 aliphatic rings. The third kappa shape index (κ3) is 4.04. The van der Waals surface area contributed by atoms with Gasteiger partial charge in [-0.2, -0.15) is 26.3 Å². The number of alkyl halides is 6. The van der Waals surface area contributed by atoms with Gasteiger partial charge in [-0.25, -0.2) is 0 Å². The van der Waals surface area contributed by atoms with Crippen molar-refractivity contribution in [3.8, 4) is 0 Å². The zero-order valence-corrected chi connectivity index (χ0v) is 19.2. The Labute approximate surface area is 195 Å². The van der Waals surface area contributed by atoms with Crippen molar-refractivity contribution in [2.24, 2.45) is 0 Å². The van der Waals surface area contributed by atoms with Gasteiger partial charge in [0.05, 0.1) is 16.5 Å². The molecule has 178 valence electrons. The summed E-state index contributed by atoms with van der Waals surface area (Å²) in [6, 6.07) is 11.4. The maximum absolute atomic E-state index is 13.6. The van der Waals surface area contributed by atoms with Gasteiger partial charge in [0.1, 0.15) is 0 Å². The van der Waals surface area contributed by atoms with Crippen LogP contribution in [0.1, 0.15) is 55.9 Å². The average molecular weight is 474 g/mol. The van der Waals surface area contributed by atoms with Crippen molar-refractivity contribution in [3.05, 3.63) is 117 Å². The minimum absolute atomic E-state index is 0.0207. The molecule has 2 aromatic rings. The van der Waals surface area contributed by atoms with Crippen LogP contribution in [0.2, 0.25) is 0 Å². The largest absolute Gasteiger partial charge is 0.416 e. The summed E-state index contributed by atoms with van der Waals surface area (Å²) < 4.78 is 81.6. The summed E-state index contributed by atoms with van der Waals surface area (Å²) in [6.45, 7) is 7.65. The molecule has 1 unspecified atom stereocenters. The van der Waals surface area contributed by atoms with Crippen molar-refractivity contribution in [2.75, 3.05) is 0 Å².